The van der Waals surface area contributed by atoms with Crippen LogP contribution in [0, 0.1) is 5.82 Å². The van der Waals surface area contributed by atoms with E-state index >= 15 is 0 Å². The zero-order valence-corrected chi connectivity index (χ0v) is 21.4. The molecule has 0 aliphatic carbocycles. The summed E-state index contributed by atoms with van der Waals surface area (Å²) in [5, 5.41) is 3.28. The molecule has 0 aliphatic rings. The molecule has 0 saturated heterocycles. The van der Waals surface area contributed by atoms with E-state index < -0.39 is 34.3 Å². The molecule has 0 unspecified atom stereocenters. The molecule has 1 N–H and O–H groups in total. The molecule has 34 heavy (non-hydrogen) atoms. The van der Waals surface area contributed by atoms with Crippen LogP contribution < -0.4 is 5.32 Å². The molecule has 186 valence electrons. The Balaban J connectivity index is 2.32. The number of sulfonamides is 1. The number of likely N-dealkylation sites (N-methyl/N-ethyl adjacent to an activating group) is 1. The second-order valence-electron chi connectivity index (χ2n) is 8.11. The minimum absolute atomic E-state index is 0.00107. The zero-order valence-electron chi connectivity index (χ0n) is 19.8. The van der Waals surface area contributed by atoms with E-state index in [1.807, 2.05) is 13.8 Å². The van der Waals surface area contributed by atoms with Crippen molar-refractivity contribution in [2.24, 2.45) is 0 Å². The summed E-state index contributed by atoms with van der Waals surface area (Å²) >= 11 is 5.85. The number of hydrogen-bond acceptors (Lipinski definition) is 4. The molecule has 2 aromatic carbocycles. The van der Waals surface area contributed by atoms with E-state index in [0.29, 0.717) is 17.0 Å². The van der Waals surface area contributed by atoms with Gasteiger partial charge in [0.05, 0.1) is 11.4 Å². The van der Waals surface area contributed by atoms with E-state index in [4.69, 9.17) is 11.6 Å². The summed E-state index contributed by atoms with van der Waals surface area (Å²) in [7, 11) is -2.66. The van der Waals surface area contributed by atoms with Crippen molar-refractivity contribution in [3.63, 3.8) is 0 Å². The number of hydrogen-bond donors (Lipinski definition) is 1. The van der Waals surface area contributed by atoms with Crippen molar-refractivity contribution in [1.29, 1.82) is 0 Å². The highest BCUT2D eigenvalue weighted by atomic mass is 35.5. The Morgan fingerprint density at radius 2 is 1.62 bits per heavy atom. The fourth-order valence-electron chi connectivity index (χ4n) is 3.30. The lowest BCUT2D eigenvalue weighted by Gasteiger charge is -2.32. The third kappa shape index (κ3) is 7.25. The van der Waals surface area contributed by atoms with Crippen LogP contribution in [-0.4, -0.2) is 55.1 Å². The Labute approximate surface area is 205 Å². The summed E-state index contributed by atoms with van der Waals surface area (Å²) in [6.45, 7) is 5.13. The summed E-state index contributed by atoms with van der Waals surface area (Å²) in [6.07, 6.45) is 1.04. The zero-order chi connectivity index (χ0) is 25.5. The number of benzene rings is 2. The Bertz CT molecular complexity index is 1080. The van der Waals surface area contributed by atoms with Crippen molar-refractivity contribution in [2.45, 2.75) is 57.1 Å². The summed E-state index contributed by atoms with van der Waals surface area (Å²) in [5.74, 6) is -1.29. The van der Waals surface area contributed by atoms with Crippen LogP contribution in [0.5, 0.6) is 0 Å². The fourth-order valence-corrected chi connectivity index (χ4v) is 4.55. The molecule has 0 bridgehead atoms. The maximum atomic E-state index is 13.4. The van der Waals surface area contributed by atoms with Gasteiger partial charge in [-0.1, -0.05) is 37.6 Å². The lowest BCUT2D eigenvalue weighted by molar-refractivity contribution is -0.141. The van der Waals surface area contributed by atoms with Crippen LogP contribution in [0.25, 0.3) is 0 Å². The van der Waals surface area contributed by atoms with Crippen molar-refractivity contribution in [3.05, 3.63) is 64.9 Å². The molecule has 10 heteroatoms. The molecular formula is C24H31ClFN3O4S. The Hall–Kier alpha value is -2.49. The van der Waals surface area contributed by atoms with Crippen LogP contribution in [-0.2, 0) is 26.2 Å². The van der Waals surface area contributed by atoms with E-state index in [-0.39, 0.29) is 23.4 Å². The number of amides is 2. The molecule has 7 nitrogen and oxygen atoms in total. The van der Waals surface area contributed by atoms with Gasteiger partial charge in [0.1, 0.15) is 11.9 Å². The van der Waals surface area contributed by atoms with Crippen LogP contribution in [0.4, 0.5) is 4.39 Å². The summed E-state index contributed by atoms with van der Waals surface area (Å²) in [6, 6.07) is 10.3. The van der Waals surface area contributed by atoms with Gasteiger partial charge in [0.25, 0.3) is 0 Å². The van der Waals surface area contributed by atoms with Gasteiger partial charge >= 0.3 is 0 Å². The van der Waals surface area contributed by atoms with Crippen LogP contribution in [0.2, 0.25) is 5.02 Å². The van der Waals surface area contributed by atoms with E-state index in [1.54, 1.807) is 6.92 Å². The molecular weight excluding hydrogens is 481 g/mol. The first-order chi connectivity index (χ1) is 16.0. The van der Waals surface area contributed by atoms with Gasteiger partial charge < -0.3 is 10.2 Å². The second-order valence-corrected chi connectivity index (χ2v) is 10.6. The highest BCUT2D eigenvalue weighted by Gasteiger charge is 2.32. The van der Waals surface area contributed by atoms with Gasteiger partial charge in [-0.3, -0.25) is 9.59 Å². The minimum atomic E-state index is -3.96. The fraction of sp³-hybridized carbons (Fsp3) is 0.417. The molecule has 0 saturated carbocycles. The predicted octanol–water partition coefficient (Wildman–Crippen LogP) is 3.82. The van der Waals surface area contributed by atoms with Gasteiger partial charge in [0.15, 0.2) is 0 Å². The molecule has 0 radical (unpaired) electrons. The SMILES string of the molecule is CC[C@@H](C)NC(=O)[C@H](CC)N(Cc1ccc(F)cc1)C(=O)CN(C)S(=O)(=O)c1ccc(Cl)cc1. The third-order valence-electron chi connectivity index (χ3n) is 5.53. The van der Waals surface area contributed by atoms with Crippen molar-refractivity contribution in [2.75, 3.05) is 13.6 Å². The van der Waals surface area contributed by atoms with Crippen LogP contribution in [0.1, 0.15) is 39.2 Å². The topological polar surface area (TPSA) is 86.8 Å². The largest absolute Gasteiger partial charge is 0.352 e. The van der Waals surface area contributed by atoms with Gasteiger partial charge in [-0.05, 0) is 61.7 Å². The van der Waals surface area contributed by atoms with Gasteiger partial charge in [0.2, 0.25) is 21.8 Å². The normalized spacial score (nSPS) is 13.4. The minimum Gasteiger partial charge on any atom is -0.352 e. The first-order valence-electron chi connectivity index (χ1n) is 11.1. The van der Waals surface area contributed by atoms with Crippen LogP contribution >= 0.6 is 11.6 Å². The summed E-state index contributed by atoms with van der Waals surface area (Å²) in [5.41, 5.74) is 0.618. The maximum Gasteiger partial charge on any atom is 0.243 e. The quantitative estimate of drug-likeness (QED) is 0.497. The predicted molar refractivity (Wildman–Crippen MR) is 130 cm³/mol. The molecule has 2 amide bonds. The maximum absolute atomic E-state index is 13.4. The van der Waals surface area contributed by atoms with Gasteiger partial charge in [-0.2, -0.15) is 4.31 Å². The van der Waals surface area contributed by atoms with E-state index in [9.17, 15) is 22.4 Å². The Morgan fingerprint density at radius 1 is 1.03 bits per heavy atom. The van der Waals surface area contributed by atoms with E-state index in [2.05, 4.69) is 5.32 Å². The number of rotatable bonds is 11. The number of carbonyl (C=O) groups is 2. The van der Waals surface area contributed by atoms with Crippen LogP contribution in [0.3, 0.4) is 0 Å². The molecule has 0 spiro atoms. The number of nitrogens with one attached hydrogen (secondary N) is 1. The number of halogens is 2. The molecule has 0 aromatic heterocycles. The van der Waals surface area contributed by atoms with Gasteiger partial charge in [-0.15, -0.1) is 0 Å². The molecule has 0 aliphatic heterocycles. The Morgan fingerprint density at radius 3 is 2.15 bits per heavy atom. The average molecular weight is 512 g/mol. The first-order valence-corrected chi connectivity index (χ1v) is 12.9. The van der Waals surface area contributed by atoms with Crippen molar-refractivity contribution in [3.8, 4) is 0 Å². The lowest BCUT2D eigenvalue weighted by Crippen LogP contribution is -2.53. The first kappa shape index (κ1) is 27.8. The van der Waals surface area contributed by atoms with Crippen molar-refractivity contribution in [1.82, 2.24) is 14.5 Å². The molecule has 0 heterocycles. The molecule has 2 rings (SSSR count). The summed E-state index contributed by atoms with van der Waals surface area (Å²) in [4.78, 5) is 27.7. The van der Waals surface area contributed by atoms with Gasteiger partial charge in [-0.25, -0.2) is 12.8 Å². The van der Waals surface area contributed by atoms with Crippen molar-refractivity contribution < 1.29 is 22.4 Å². The number of nitrogens with zero attached hydrogens (tertiary/aromatic N) is 2. The second kappa shape index (κ2) is 12.3. The third-order valence-corrected chi connectivity index (χ3v) is 7.60. The standard InChI is InChI=1S/C24H31ClFN3O4S/c1-5-17(3)27-24(31)22(6-2)29(15-18-7-11-20(26)12-8-18)23(30)16-28(4)34(32,33)21-13-9-19(25)10-14-21/h7-14,17,22H,5-6,15-16H2,1-4H3,(H,27,31)/t17-,22+/m1/s1. The molecule has 2 atom stereocenters. The number of carbonyl (C=O) groups excluding carboxylic acids is 2. The van der Waals surface area contributed by atoms with E-state index in [0.717, 1.165) is 10.7 Å². The summed E-state index contributed by atoms with van der Waals surface area (Å²) < 4.78 is 40.2. The van der Waals surface area contributed by atoms with Crippen LogP contribution in [0.15, 0.2) is 53.4 Å². The smallest absolute Gasteiger partial charge is 0.243 e. The molecule has 0 fully saturated rings. The Kier molecular flexibility index (Phi) is 10.0. The average Bonchev–Trinajstić information content (AvgIpc) is 2.80. The van der Waals surface area contributed by atoms with E-state index in [1.165, 1.54) is 60.5 Å². The van der Waals surface area contributed by atoms with Crippen molar-refractivity contribution >= 4 is 33.4 Å². The lowest BCUT2D eigenvalue weighted by atomic mass is 10.1. The monoisotopic (exact) mass is 511 g/mol. The highest BCUT2D eigenvalue weighted by Crippen LogP contribution is 2.19. The highest BCUT2D eigenvalue weighted by molar-refractivity contribution is 7.89. The van der Waals surface area contributed by atoms with Gasteiger partial charge in [0, 0.05) is 24.7 Å². The molecule has 2 aromatic rings.